The Kier molecular flexibility index (Phi) is 2.63. The summed E-state index contributed by atoms with van der Waals surface area (Å²) < 4.78 is 1.92. The molecule has 0 fully saturated rings. The van der Waals surface area contributed by atoms with Crippen LogP contribution in [0.25, 0.3) is 22.3 Å². The topological polar surface area (TPSA) is 76.5 Å². The summed E-state index contributed by atoms with van der Waals surface area (Å²) in [5, 5.41) is 14.3. The van der Waals surface area contributed by atoms with Gasteiger partial charge >= 0.3 is 0 Å². The molecule has 0 spiro atoms. The molecule has 2 aromatic heterocycles. The van der Waals surface area contributed by atoms with E-state index in [9.17, 15) is 4.79 Å². The Balaban J connectivity index is 2.35. The van der Waals surface area contributed by atoms with Crippen molar-refractivity contribution in [3.8, 4) is 11.4 Å². The zero-order chi connectivity index (χ0) is 13.4. The number of hydrogen-bond donors (Lipinski definition) is 1. The van der Waals surface area contributed by atoms with Gasteiger partial charge in [0.05, 0.1) is 11.1 Å². The smallest absolute Gasteiger partial charge is 0.210 e. The highest BCUT2D eigenvalue weighted by Crippen LogP contribution is 2.17. The van der Waals surface area contributed by atoms with Crippen molar-refractivity contribution in [3.63, 3.8) is 0 Å². The second kappa shape index (κ2) is 4.31. The second-order valence-electron chi connectivity index (χ2n) is 4.42. The van der Waals surface area contributed by atoms with Crippen LogP contribution < -0.4 is 5.43 Å². The minimum Gasteiger partial charge on any atom is -0.350 e. The van der Waals surface area contributed by atoms with E-state index in [0.717, 1.165) is 11.9 Å². The van der Waals surface area contributed by atoms with Gasteiger partial charge in [0.25, 0.3) is 0 Å². The number of H-pyrrole nitrogens is 1. The first kappa shape index (κ1) is 11.6. The minimum absolute atomic E-state index is 0.0721. The maximum absolute atomic E-state index is 12.4. The van der Waals surface area contributed by atoms with Gasteiger partial charge in [-0.2, -0.15) is 5.21 Å². The van der Waals surface area contributed by atoms with Crippen LogP contribution in [0, 0.1) is 0 Å². The van der Waals surface area contributed by atoms with E-state index < -0.39 is 0 Å². The Morgan fingerprint density at radius 1 is 1.37 bits per heavy atom. The number of nitrogens with zero attached hydrogens (tertiary/aromatic N) is 4. The highest BCUT2D eigenvalue weighted by Gasteiger charge is 2.12. The normalized spacial score (nSPS) is 11.1. The molecule has 0 saturated carbocycles. The monoisotopic (exact) mass is 255 g/mol. The molecular formula is C13H13N5O. The van der Waals surface area contributed by atoms with Gasteiger partial charge in [0.2, 0.25) is 11.3 Å². The van der Waals surface area contributed by atoms with Crippen LogP contribution >= 0.6 is 0 Å². The SMILES string of the molecule is CCc1ccc2c(=O)c(-c3nn[nH]n3)cn(C)c2c1. The van der Waals surface area contributed by atoms with Crippen molar-refractivity contribution in [1.29, 1.82) is 0 Å². The molecule has 1 N–H and O–H groups in total. The maximum atomic E-state index is 12.4. The Morgan fingerprint density at radius 2 is 2.21 bits per heavy atom. The van der Waals surface area contributed by atoms with Crippen LogP contribution in [-0.2, 0) is 13.5 Å². The first-order valence-electron chi connectivity index (χ1n) is 6.06. The zero-order valence-corrected chi connectivity index (χ0v) is 10.7. The average Bonchev–Trinajstić information content (AvgIpc) is 2.96. The molecule has 0 amide bonds. The molecule has 0 aliphatic rings. The summed E-state index contributed by atoms with van der Waals surface area (Å²) in [4.78, 5) is 12.4. The lowest BCUT2D eigenvalue weighted by Crippen LogP contribution is -2.11. The number of tetrazole rings is 1. The van der Waals surface area contributed by atoms with Crippen LogP contribution in [0.1, 0.15) is 12.5 Å². The van der Waals surface area contributed by atoms with Gasteiger partial charge in [-0.15, -0.1) is 10.2 Å². The molecule has 0 atom stereocenters. The minimum atomic E-state index is -0.0721. The number of aromatic amines is 1. The first-order valence-corrected chi connectivity index (χ1v) is 6.06. The fraction of sp³-hybridized carbons (Fsp3) is 0.231. The van der Waals surface area contributed by atoms with Gasteiger partial charge in [0.1, 0.15) is 0 Å². The fourth-order valence-electron chi connectivity index (χ4n) is 2.18. The van der Waals surface area contributed by atoms with Gasteiger partial charge in [-0.25, -0.2) is 0 Å². The summed E-state index contributed by atoms with van der Waals surface area (Å²) in [6.45, 7) is 2.09. The summed E-state index contributed by atoms with van der Waals surface area (Å²) in [6, 6.07) is 5.88. The molecule has 96 valence electrons. The third-order valence-electron chi connectivity index (χ3n) is 3.25. The summed E-state index contributed by atoms with van der Waals surface area (Å²) in [5.41, 5.74) is 2.50. The lowest BCUT2D eigenvalue weighted by molar-refractivity contribution is 0.881. The van der Waals surface area contributed by atoms with Gasteiger partial charge < -0.3 is 4.57 Å². The Morgan fingerprint density at radius 3 is 2.89 bits per heavy atom. The summed E-state index contributed by atoms with van der Waals surface area (Å²) in [6.07, 6.45) is 2.69. The number of aryl methyl sites for hydroxylation is 2. The van der Waals surface area contributed by atoms with Gasteiger partial charge in [-0.05, 0) is 29.3 Å². The molecule has 1 aromatic carbocycles. The number of benzene rings is 1. The van der Waals surface area contributed by atoms with Gasteiger partial charge in [-0.1, -0.05) is 13.0 Å². The van der Waals surface area contributed by atoms with Crippen LogP contribution in [-0.4, -0.2) is 25.2 Å². The largest absolute Gasteiger partial charge is 0.350 e. The van der Waals surface area contributed by atoms with Gasteiger partial charge in [-0.3, -0.25) is 4.79 Å². The number of nitrogens with one attached hydrogen (secondary N) is 1. The third-order valence-corrected chi connectivity index (χ3v) is 3.25. The van der Waals surface area contributed by atoms with Crippen LogP contribution in [0.3, 0.4) is 0 Å². The molecule has 19 heavy (non-hydrogen) atoms. The number of pyridine rings is 1. The number of hydrogen-bond acceptors (Lipinski definition) is 4. The Labute approximate surface area is 109 Å². The average molecular weight is 255 g/mol. The predicted octanol–water partition coefficient (Wildman–Crippen LogP) is 1.28. The van der Waals surface area contributed by atoms with Gasteiger partial charge in [0, 0.05) is 18.6 Å². The van der Waals surface area contributed by atoms with Crippen molar-refractivity contribution in [1.82, 2.24) is 25.2 Å². The van der Waals surface area contributed by atoms with E-state index in [0.29, 0.717) is 16.8 Å². The molecule has 0 saturated heterocycles. The van der Waals surface area contributed by atoms with Crippen molar-refractivity contribution in [2.45, 2.75) is 13.3 Å². The van der Waals surface area contributed by atoms with Crippen molar-refractivity contribution in [3.05, 3.63) is 40.2 Å². The fourth-order valence-corrected chi connectivity index (χ4v) is 2.18. The van der Waals surface area contributed by atoms with Crippen molar-refractivity contribution < 1.29 is 0 Å². The molecule has 0 aliphatic carbocycles. The summed E-state index contributed by atoms with van der Waals surface area (Å²) in [5.74, 6) is 0.321. The molecule has 6 heteroatoms. The molecule has 3 aromatic rings. The van der Waals surface area contributed by atoms with Crippen LogP contribution in [0.15, 0.2) is 29.2 Å². The molecule has 0 radical (unpaired) electrons. The quantitative estimate of drug-likeness (QED) is 0.748. The number of rotatable bonds is 2. The van der Waals surface area contributed by atoms with E-state index in [-0.39, 0.29) is 5.43 Å². The standard InChI is InChI=1S/C13H13N5O/c1-3-8-4-5-9-11(6-8)18(2)7-10(12(9)19)13-14-16-17-15-13/h4-7H,3H2,1-2H3,(H,14,15,16,17). The van der Waals surface area contributed by atoms with Crippen molar-refractivity contribution >= 4 is 10.9 Å². The van der Waals surface area contributed by atoms with Crippen LogP contribution in [0.4, 0.5) is 0 Å². The van der Waals surface area contributed by atoms with E-state index >= 15 is 0 Å². The van der Waals surface area contributed by atoms with Crippen molar-refractivity contribution in [2.24, 2.45) is 7.05 Å². The van der Waals surface area contributed by atoms with Crippen molar-refractivity contribution in [2.75, 3.05) is 0 Å². The number of fused-ring (bicyclic) bond motifs is 1. The third kappa shape index (κ3) is 1.81. The highest BCUT2D eigenvalue weighted by atomic mass is 16.1. The lowest BCUT2D eigenvalue weighted by atomic mass is 10.1. The van der Waals surface area contributed by atoms with Crippen LogP contribution in [0.2, 0.25) is 0 Å². The lowest BCUT2D eigenvalue weighted by Gasteiger charge is -2.08. The maximum Gasteiger partial charge on any atom is 0.210 e. The molecule has 0 aliphatic heterocycles. The molecule has 3 rings (SSSR count). The molecular weight excluding hydrogens is 242 g/mol. The highest BCUT2D eigenvalue weighted by molar-refractivity contribution is 5.83. The van der Waals surface area contributed by atoms with E-state index in [1.54, 1.807) is 6.20 Å². The summed E-state index contributed by atoms with van der Waals surface area (Å²) in [7, 11) is 1.91. The molecule has 6 nitrogen and oxygen atoms in total. The second-order valence-corrected chi connectivity index (χ2v) is 4.42. The molecule has 0 bridgehead atoms. The Bertz CT molecular complexity index is 789. The molecule has 0 unspecified atom stereocenters. The predicted molar refractivity (Wildman–Crippen MR) is 71.7 cm³/mol. The van der Waals surface area contributed by atoms with Gasteiger partial charge in [0.15, 0.2) is 0 Å². The van der Waals surface area contributed by atoms with E-state index in [1.807, 2.05) is 29.8 Å². The van der Waals surface area contributed by atoms with E-state index in [4.69, 9.17) is 0 Å². The van der Waals surface area contributed by atoms with E-state index in [1.165, 1.54) is 5.56 Å². The first-order chi connectivity index (χ1) is 9.20. The number of aromatic nitrogens is 5. The van der Waals surface area contributed by atoms with E-state index in [2.05, 4.69) is 27.5 Å². The van der Waals surface area contributed by atoms with Crippen LogP contribution in [0.5, 0.6) is 0 Å². The Hall–Kier alpha value is -2.50. The zero-order valence-electron chi connectivity index (χ0n) is 10.7. The molecule has 2 heterocycles. The summed E-state index contributed by atoms with van der Waals surface area (Å²) >= 11 is 0.